The monoisotopic (exact) mass is 220 g/mol. The average molecular weight is 221 g/mol. The van der Waals surface area contributed by atoms with E-state index in [1.54, 1.807) is 6.92 Å². The first kappa shape index (κ1) is 11.4. The van der Waals surface area contributed by atoms with E-state index in [1.807, 2.05) is 0 Å². The lowest BCUT2D eigenvalue weighted by Crippen LogP contribution is -2.14. The summed E-state index contributed by atoms with van der Waals surface area (Å²) in [6, 6.07) is 2.55. The molecular weight excluding hydrogens is 210 g/mol. The van der Waals surface area contributed by atoms with E-state index in [0.29, 0.717) is 5.56 Å². The molecule has 0 aliphatic heterocycles. The summed E-state index contributed by atoms with van der Waals surface area (Å²) in [5.41, 5.74) is 0.265. The summed E-state index contributed by atoms with van der Waals surface area (Å²) in [7, 11) is 0. The number of alkyl halides is 1. The highest BCUT2D eigenvalue weighted by Gasteiger charge is 2.14. The molecule has 0 spiro atoms. The van der Waals surface area contributed by atoms with Crippen molar-refractivity contribution >= 4 is 11.6 Å². The van der Waals surface area contributed by atoms with E-state index in [1.165, 1.54) is 12.1 Å². The quantitative estimate of drug-likeness (QED) is 0.776. The molecule has 1 nitrogen and oxygen atoms in total. The van der Waals surface area contributed by atoms with Crippen molar-refractivity contribution in [3.05, 3.63) is 34.9 Å². The number of hydrogen-bond donors (Lipinski definition) is 1. The van der Waals surface area contributed by atoms with Gasteiger partial charge in [0.05, 0.1) is 6.10 Å². The van der Waals surface area contributed by atoms with Crippen LogP contribution in [-0.4, -0.2) is 17.1 Å². The molecule has 1 rings (SSSR count). The second-order valence-electron chi connectivity index (χ2n) is 3.17. The number of hydrogen-bond acceptors (Lipinski definition) is 1. The minimum atomic E-state index is -0.914. The topological polar surface area (TPSA) is 20.2 Å². The first-order chi connectivity index (χ1) is 6.56. The van der Waals surface area contributed by atoms with Crippen LogP contribution >= 0.6 is 11.6 Å². The van der Waals surface area contributed by atoms with Crippen LogP contribution in [0.5, 0.6) is 0 Å². The molecule has 14 heavy (non-hydrogen) atoms. The molecule has 0 aromatic heterocycles. The zero-order valence-electron chi connectivity index (χ0n) is 7.73. The van der Waals surface area contributed by atoms with Crippen molar-refractivity contribution in [1.82, 2.24) is 0 Å². The van der Waals surface area contributed by atoms with Crippen LogP contribution in [0.2, 0.25) is 0 Å². The van der Waals surface area contributed by atoms with Crippen molar-refractivity contribution in [2.24, 2.45) is 0 Å². The second kappa shape index (κ2) is 4.71. The molecule has 0 saturated heterocycles. The van der Waals surface area contributed by atoms with Gasteiger partial charge in [-0.25, -0.2) is 8.78 Å². The Labute approximate surface area is 86.3 Å². The molecule has 0 amide bonds. The van der Waals surface area contributed by atoms with Gasteiger partial charge >= 0.3 is 0 Å². The van der Waals surface area contributed by atoms with Crippen LogP contribution in [-0.2, 0) is 6.42 Å². The summed E-state index contributed by atoms with van der Waals surface area (Å²) in [4.78, 5) is 0. The van der Waals surface area contributed by atoms with Gasteiger partial charge in [0.25, 0.3) is 0 Å². The minimum Gasteiger partial charge on any atom is -0.392 e. The van der Waals surface area contributed by atoms with Gasteiger partial charge in [0, 0.05) is 17.9 Å². The molecule has 0 aliphatic carbocycles. The fourth-order valence-corrected chi connectivity index (χ4v) is 1.30. The van der Waals surface area contributed by atoms with Gasteiger partial charge in [0.2, 0.25) is 0 Å². The van der Waals surface area contributed by atoms with Gasteiger partial charge in [-0.15, -0.1) is 11.6 Å². The molecule has 0 aliphatic rings. The minimum absolute atomic E-state index is 0.0349. The molecule has 1 unspecified atom stereocenters. The second-order valence-corrected chi connectivity index (χ2v) is 3.48. The molecule has 0 bridgehead atoms. The van der Waals surface area contributed by atoms with Crippen LogP contribution in [0.25, 0.3) is 0 Å². The highest BCUT2D eigenvalue weighted by atomic mass is 35.5. The lowest BCUT2D eigenvalue weighted by molar-refractivity contribution is 0.195. The van der Waals surface area contributed by atoms with E-state index >= 15 is 0 Å². The normalized spacial score (nSPS) is 12.9. The molecule has 1 aromatic carbocycles. The van der Waals surface area contributed by atoms with Crippen LogP contribution in [0, 0.1) is 18.6 Å². The number of aliphatic hydroxyl groups excluding tert-OH is 1. The zero-order valence-corrected chi connectivity index (χ0v) is 8.48. The first-order valence-electron chi connectivity index (χ1n) is 4.23. The zero-order chi connectivity index (χ0) is 10.7. The number of benzene rings is 1. The van der Waals surface area contributed by atoms with Crippen LogP contribution in [0.15, 0.2) is 12.1 Å². The van der Waals surface area contributed by atoms with E-state index in [9.17, 15) is 13.9 Å². The predicted molar refractivity (Wildman–Crippen MR) is 51.5 cm³/mol. The smallest absolute Gasteiger partial charge is 0.132 e. The van der Waals surface area contributed by atoms with E-state index in [2.05, 4.69) is 0 Å². The third-order valence-corrected chi connectivity index (χ3v) is 2.35. The molecule has 4 heteroatoms. The Kier molecular flexibility index (Phi) is 3.84. The third-order valence-electron chi connectivity index (χ3n) is 2.00. The highest BCUT2D eigenvalue weighted by Crippen LogP contribution is 2.18. The van der Waals surface area contributed by atoms with Gasteiger partial charge in [-0.2, -0.15) is 0 Å². The van der Waals surface area contributed by atoms with E-state index in [0.717, 1.165) is 0 Å². The average Bonchev–Trinajstić information content (AvgIpc) is 2.18. The van der Waals surface area contributed by atoms with Gasteiger partial charge in [0.15, 0.2) is 0 Å². The highest BCUT2D eigenvalue weighted by molar-refractivity contribution is 6.18. The third kappa shape index (κ3) is 2.42. The lowest BCUT2D eigenvalue weighted by atomic mass is 10.0. The molecule has 1 atom stereocenters. The number of aryl methyl sites for hydroxylation is 1. The van der Waals surface area contributed by atoms with E-state index < -0.39 is 17.7 Å². The standard InChI is InChI=1S/C10H11ClF2O/c1-6-2-3-9(12)8(10(6)13)4-7(14)5-11/h2-3,7,14H,4-5H2,1H3. The molecule has 1 N–H and O–H groups in total. The first-order valence-corrected chi connectivity index (χ1v) is 4.77. The predicted octanol–water partition coefficient (Wildman–Crippen LogP) is 2.42. The van der Waals surface area contributed by atoms with Crippen molar-refractivity contribution in [3.63, 3.8) is 0 Å². The Morgan fingerprint density at radius 2 is 2.07 bits per heavy atom. The fraction of sp³-hybridized carbons (Fsp3) is 0.400. The number of halogens is 3. The Morgan fingerprint density at radius 1 is 1.43 bits per heavy atom. The molecule has 78 valence electrons. The maximum Gasteiger partial charge on any atom is 0.132 e. The molecule has 0 heterocycles. The van der Waals surface area contributed by atoms with Gasteiger partial charge in [-0.1, -0.05) is 6.07 Å². The summed E-state index contributed by atoms with van der Waals surface area (Å²) >= 11 is 5.35. The molecular formula is C10H11ClF2O. The summed E-state index contributed by atoms with van der Waals surface area (Å²) in [6.45, 7) is 1.55. The SMILES string of the molecule is Cc1ccc(F)c(CC(O)CCl)c1F. The summed E-state index contributed by atoms with van der Waals surface area (Å²) < 4.78 is 26.5. The van der Waals surface area contributed by atoms with Gasteiger partial charge in [0.1, 0.15) is 11.6 Å². The van der Waals surface area contributed by atoms with Gasteiger partial charge < -0.3 is 5.11 Å². The van der Waals surface area contributed by atoms with Crippen LogP contribution < -0.4 is 0 Å². The van der Waals surface area contributed by atoms with Gasteiger partial charge in [-0.05, 0) is 18.6 Å². The molecule has 0 saturated carbocycles. The van der Waals surface area contributed by atoms with Crippen LogP contribution in [0.1, 0.15) is 11.1 Å². The molecule has 0 fully saturated rings. The Balaban J connectivity index is 3.00. The Hall–Kier alpha value is -0.670. The van der Waals surface area contributed by atoms with Crippen molar-refractivity contribution in [2.45, 2.75) is 19.4 Å². The molecule has 1 aromatic rings. The van der Waals surface area contributed by atoms with Crippen molar-refractivity contribution < 1.29 is 13.9 Å². The Bertz CT molecular complexity index is 328. The number of aliphatic hydroxyl groups is 1. The summed E-state index contributed by atoms with van der Waals surface area (Å²) in [5.74, 6) is -1.28. The summed E-state index contributed by atoms with van der Waals surface area (Å²) in [6.07, 6.45) is -1.01. The van der Waals surface area contributed by atoms with E-state index in [-0.39, 0.29) is 17.9 Å². The maximum atomic E-state index is 13.4. The number of rotatable bonds is 3. The molecule has 0 radical (unpaired) electrons. The van der Waals surface area contributed by atoms with Gasteiger partial charge in [-0.3, -0.25) is 0 Å². The van der Waals surface area contributed by atoms with Crippen molar-refractivity contribution in [2.75, 3.05) is 5.88 Å². The van der Waals surface area contributed by atoms with Crippen LogP contribution in [0.3, 0.4) is 0 Å². The fourth-order valence-electron chi connectivity index (χ4n) is 1.19. The maximum absolute atomic E-state index is 13.4. The summed E-state index contributed by atoms with van der Waals surface area (Å²) in [5, 5.41) is 9.19. The van der Waals surface area contributed by atoms with Crippen molar-refractivity contribution in [1.29, 1.82) is 0 Å². The van der Waals surface area contributed by atoms with Crippen LogP contribution in [0.4, 0.5) is 8.78 Å². The Morgan fingerprint density at radius 3 is 2.64 bits per heavy atom. The largest absolute Gasteiger partial charge is 0.392 e. The van der Waals surface area contributed by atoms with E-state index in [4.69, 9.17) is 11.6 Å². The lowest BCUT2D eigenvalue weighted by Gasteiger charge is -2.10. The van der Waals surface area contributed by atoms with Crippen molar-refractivity contribution in [3.8, 4) is 0 Å².